The summed E-state index contributed by atoms with van der Waals surface area (Å²) in [6.45, 7) is 4.19. The smallest absolute Gasteiger partial charge is 0.408 e. The van der Waals surface area contributed by atoms with Crippen molar-refractivity contribution in [3.8, 4) is 0 Å². The van der Waals surface area contributed by atoms with Gasteiger partial charge in [-0.05, 0) is 26.3 Å². The molecule has 0 bridgehead atoms. The number of amides is 3. The van der Waals surface area contributed by atoms with E-state index in [-0.39, 0.29) is 19.8 Å². The van der Waals surface area contributed by atoms with Crippen LogP contribution in [0.15, 0.2) is 30.3 Å². The van der Waals surface area contributed by atoms with E-state index in [0.717, 1.165) is 0 Å². The molecule has 0 aliphatic heterocycles. The number of nitrogens with two attached hydrogens (primary N) is 1. The highest BCUT2D eigenvalue weighted by atomic mass is 16.6. The number of carbonyl (C=O) groups excluding carboxylic acids is 5. The van der Waals surface area contributed by atoms with Crippen molar-refractivity contribution in [2.24, 2.45) is 11.7 Å². The molecule has 12 heteroatoms. The molecule has 188 valence electrons. The van der Waals surface area contributed by atoms with Gasteiger partial charge in [-0.25, -0.2) is 4.79 Å². The summed E-state index contributed by atoms with van der Waals surface area (Å²) in [6, 6.07) is 5.50. The zero-order valence-corrected chi connectivity index (χ0v) is 19.3. The van der Waals surface area contributed by atoms with Crippen LogP contribution in [0.5, 0.6) is 0 Å². The van der Waals surface area contributed by atoms with Crippen molar-refractivity contribution in [2.75, 3.05) is 13.2 Å². The maximum atomic E-state index is 12.8. The highest BCUT2D eigenvalue weighted by Crippen LogP contribution is 2.14. The van der Waals surface area contributed by atoms with Crippen molar-refractivity contribution >= 4 is 29.8 Å². The molecule has 0 saturated carbocycles. The summed E-state index contributed by atoms with van der Waals surface area (Å²) in [5.41, 5.74) is 6.07. The van der Waals surface area contributed by atoms with Gasteiger partial charge in [-0.1, -0.05) is 30.3 Å². The van der Waals surface area contributed by atoms with Gasteiger partial charge in [0.05, 0.1) is 31.7 Å². The van der Waals surface area contributed by atoms with E-state index in [0.29, 0.717) is 5.56 Å². The molecule has 1 rings (SSSR count). The fourth-order valence-corrected chi connectivity index (χ4v) is 2.90. The molecule has 34 heavy (non-hydrogen) atoms. The molecule has 0 heterocycles. The highest BCUT2D eigenvalue weighted by Gasteiger charge is 2.39. The second-order valence-electron chi connectivity index (χ2n) is 7.18. The number of aliphatic hydroxyl groups excluding tert-OH is 1. The highest BCUT2D eigenvalue weighted by molar-refractivity contribution is 5.95. The van der Waals surface area contributed by atoms with E-state index < -0.39 is 60.4 Å². The number of alkyl carbamates (subject to hydrolysis) is 1. The molecule has 0 aromatic heterocycles. The van der Waals surface area contributed by atoms with Crippen LogP contribution in [0.25, 0.3) is 0 Å². The topological polar surface area (TPSA) is 183 Å². The molecular weight excluding hydrogens is 450 g/mol. The van der Waals surface area contributed by atoms with Crippen LogP contribution in [0, 0.1) is 5.92 Å². The normalized spacial score (nSPS) is 14.0. The van der Waals surface area contributed by atoms with E-state index in [1.54, 1.807) is 37.3 Å². The number of benzene rings is 1. The van der Waals surface area contributed by atoms with Crippen LogP contribution in [-0.4, -0.2) is 66.4 Å². The van der Waals surface area contributed by atoms with E-state index in [4.69, 9.17) is 19.9 Å². The van der Waals surface area contributed by atoms with Crippen molar-refractivity contribution in [3.05, 3.63) is 35.9 Å². The number of primary amides is 1. The molecule has 1 aromatic carbocycles. The van der Waals surface area contributed by atoms with Gasteiger partial charge in [0.2, 0.25) is 11.8 Å². The van der Waals surface area contributed by atoms with Crippen molar-refractivity contribution in [1.29, 1.82) is 0 Å². The van der Waals surface area contributed by atoms with Crippen LogP contribution in [0.3, 0.4) is 0 Å². The van der Waals surface area contributed by atoms with Gasteiger partial charge in [0.25, 0.3) is 0 Å². The summed E-state index contributed by atoms with van der Waals surface area (Å²) in [5, 5.41) is 14.4. The fourth-order valence-electron chi connectivity index (χ4n) is 2.90. The zero-order valence-electron chi connectivity index (χ0n) is 19.3. The zero-order chi connectivity index (χ0) is 25.7. The Morgan fingerprint density at radius 1 is 0.941 bits per heavy atom. The van der Waals surface area contributed by atoms with Crippen LogP contribution >= 0.6 is 0 Å². The quantitative estimate of drug-likeness (QED) is 0.218. The van der Waals surface area contributed by atoms with Gasteiger partial charge < -0.3 is 35.7 Å². The van der Waals surface area contributed by atoms with Gasteiger partial charge >= 0.3 is 18.0 Å². The van der Waals surface area contributed by atoms with Gasteiger partial charge in [0, 0.05) is 0 Å². The van der Waals surface area contributed by atoms with Crippen LogP contribution in [-0.2, 0) is 40.0 Å². The Hall–Kier alpha value is -3.67. The van der Waals surface area contributed by atoms with Crippen molar-refractivity contribution in [1.82, 2.24) is 10.6 Å². The summed E-state index contributed by atoms with van der Waals surface area (Å²) in [6.07, 6.45) is -3.01. The Bertz CT molecular complexity index is 845. The van der Waals surface area contributed by atoms with Crippen molar-refractivity contribution in [2.45, 2.75) is 52.0 Å². The summed E-state index contributed by atoms with van der Waals surface area (Å²) in [7, 11) is 0. The largest absolute Gasteiger partial charge is 0.466 e. The summed E-state index contributed by atoms with van der Waals surface area (Å²) < 4.78 is 14.7. The first kappa shape index (κ1) is 28.4. The molecule has 1 aromatic rings. The number of hydrogen-bond acceptors (Lipinski definition) is 9. The Kier molecular flexibility index (Phi) is 12.1. The first-order valence-electron chi connectivity index (χ1n) is 10.7. The minimum absolute atomic E-state index is 0.0289. The lowest BCUT2D eigenvalue weighted by Crippen LogP contribution is -2.59. The molecule has 0 fully saturated rings. The predicted octanol–water partition coefficient (Wildman–Crippen LogP) is -0.235. The first-order valence-corrected chi connectivity index (χ1v) is 10.7. The molecule has 0 radical (unpaired) electrons. The van der Waals surface area contributed by atoms with Gasteiger partial charge in [0.15, 0.2) is 0 Å². The molecule has 0 spiro atoms. The van der Waals surface area contributed by atoms with Gasteiger partial charge in [-0.15, -0.1) is 0 Å². The lowest BCUT2D eigenvalue weighted by molar-refractivity contribution is -0.157. The summed E-state index contributed by atoms with van der Waals surface area (Å²) >= 11 is 0. The van der Waals surface area contributed by atoms with Crippen LogP contribution < -0.4 is 16.4 Å². The Morgan fingerprint density at radius 2 is 1.56 bits per heavy atom. The van der Waals surface area contributed by atoms with Crippen molar-refractivity contribution in [3.63, 3.8) is 0 Å². The third kappa shape index (κ3) is 9.45. The van der Waals surface area contributed by atoms with Crippen molar-refractivity contribution < 1.29 is 43.3 Å². The average molecular weight is 482 g/mol. The number of carbonyl (C=O) groups is 5. The van der Waals surface area contributed by atoms with Crippen LogP contribution in [0.4, 0.5) is 4.79 Å². The van der Waals surface area contributed by atoms with E-state index in [2.05, 4.69) is 10.6 Å². The number of ether oxygens (including phenoxy) is 3. The number of hydrogen-bond donors (Lipinski definition) is 4. The van der Waals surface area contributed by atoms with E-state index in [1.807, 2.05) is 0 Å². The van der Waals surface area contributed by atoms with Crippen LogP contribution in [0.1, 0.15) is 32.8 Å². The van der Waals surface area contributed by atoms with E-state index in [9.17, 15) is 29.1 Å². The van der Waals surface area contributed by atoms with Gasteiger partial charge in [-0.2, -0.15) is 0 Å². The number of nitrogens with one attached hydrogen (secondary N) is 2. The van der Waals surface area contributed by atoms with E-state index >= 15 is 0 Å². The molecule has 12 nitrogen and oxygen atoms in total. The van der Waals surface area contributed by atoms with E-state index in [1.165, 1.54) is 13.8 Å². The molecule has 0 aliphatic carbocycles. The monoisotopic (exact) mass is 481 g/mol. The van der Waals surface area contributed by atoms with Crippen LogP contribution in [0.2, 0.25) is 0 Å². The number of esters is 2. The summed E-state index contributed by atoms with van der Waals surface area (Å²) in [5.74, 6) is -5.42. The maximum absolute atomic E-state index is 12.8. The minimum atomic E-state index is -1.68. The summed E-state index contributed by atoms with van der Waals surface area (Å²) in [4.78, 5) is 61.3. The Labute approximate surface area is 197 Å². The van der Waals surface area contributed by atoms with Gasteiger partial charge in [-0.3, -0.25) is 19.2 Å². The molecule has 5 N–H and O–H groups in total. The standard InChI is InChI=1S/C22H31N3O9/c1-4-32-16(27)11-15(21(30)33-5-2)18(19(23)28)24-20(29)17(13(3)26)25-22(31)34-12-14-9-7-6-8-10-14/h6-10,13,15,17-18,26H,4-5,11-12H2,1-3H3,(H2,23,28)(H,24,29)(H,25,31)/t13-,15-,17+,18-/m1/s1. The molecular formula is C22H31N3O9. The molecule has 0 unspecified atom stereocenters. The maximum Gasteiger partial charge on any atom is 0.408 e. The second-order valence-corrected chi connectivity index (χ2v) is 7.18. The molecule has 0 aliphatic rings. The second kappa shape index (κ2) is 14.5. The minimum Gasteiger partial charge on any atom is -0.466 e. The predicted molar refractivity (Wildman–Crippen MR) is 118 cm³/mol. The van der Waals surface area contributed by atoms with Gasteiger partial charge in [0.1, 0.15) is 18.7 Å². The number of rotatable bonds is 13. The fraction of sp³-hybridized carbons (Fsp3) is 0.500. The third-order valence-electron chi connectivity index (χ3n) is 4.54. The lowest BCUT2D eigenvalue weighted by Gasteiger charge is -2.27. The lowest BCUT2D eigenvalue weighted by atomic mass is 9.94. The molecule has 3 amide bonds. The average Bonchev–Trinajstić information content (AvgIpc) is 2.78. The molecule has 4 atom stereocenters. The SMILES string of the molecule is CCOC(=O)C[C@@H](C(=O)OCC)[C@@H](NC(=O)[C@@H](NC(=O)OCc1ccccc1)[C@@H](C)O)C(N)=O. The Balaban J connectivity index is 2.95. The molecule has 0 saturated heterocycles. The third-order valence-corrected chi connectivity index (χ3v) is 4.54. The number of aliphatic hydroxyl groups is 1. The Morgan fingerprint density at radius 3 is 2.09 bits per heavy atom. The first-order chi connectivity index (χ1) is 16.1.